The van der Waals surface area contributed by atoms with E-state index in [0.29, 0.717) is 22.0 Å². The number of ether oxygens (including phenoxy) is 1. The van der Waals surface area contributed by atoms with Crippen LogP contribution < -0.4 is 5.32 Å². The highest BCUT2D eigenvalue weighted by Gasteiger charge is 2.26. The van der Waals surface area contributed by atoms with Gasteiger partial charge in [0.2, 0.25) is 5.91 Å². The van der Waals surface area contributed by atoms with Gasteiger partial charge in [-0.1, -0.05) is 6.92 Å². The van der Waals surface area contributed by atoms with E-state index >= 15 is 0 Å². The number of carbonyl (C=O) groups excluding carboxylic acids is 2. The Labute approximate surface area is 166 Å². The molecule has 2 rings (SSSR count). The van der Waals surface area contributed by atoms with Crippen molar-refractivity contribution in [1.29, 1.82) is 0 Å². The van der Waals surface area contributed by atoms with Crippen molar-refractivity contribution in [2.24, 2.45) is 5.92 Å². The Morgan fingerprint density at radius 3 is 2.50 bits per heavy atom. The van der Waals surface area contributed by atoms with Gasteiger partial charge in [0.25, 0.3) is 0 Å². The molecule has 28 heavy (non-hydrogen) atoms. The van der Waals surface area contributed by atoms with E-state index < -0.39 is 16.8 Å². The minimum Gasteiger partial charge on any atom is -0.462 e. The Morgan fingerprint density at radius 1 is 1.32 bits per heavy atom. The maximum absolute atomic E-state index is 12.7. The summed E-state index contributed by atoms with van der Waals surface area (Å²) >= 11 is 1.32. The maximum atomic E-state index is 12.7. The molecule has 0 saturated carbocycles. The number of hydrogen-bond donors (Lipinski definition) is 1. The SMILES string of the molecule is CCOC(=O)c1c(NC(=O)C(C)Cn2nc(C)c([N+](=O)[O-])c2C)sc(C)c1C. The number of nitrogens with zero attached hydrogens (tertiary/aromatic N) is 3. The smallest absolute Gasteiger partial charge is 0.341 e. The summed E-state index contributed by atoms with van der Waals surface area (Å²) in [5.74, 6) is -1.29. The van der Waals surface area contributed by atoms with Crippen LogP contribution in [0, 0.1) is 43.7 Å². The van der Waals surface area contributed by atoms with Crippen molar-refractivity contribution in [2.45, 2.75) is 48.1 Å². The first kappa shape index (κ1) is 21.5. The minimum atomic E-state index is -0.518. The van der Waals surface area contributed by atoms with E-state index in [9.17, 15) is 19.7 Å². The summed E-state index contributed by atoms with van der Waals surface area (Å²) in [5.41, 5.74) is 1.82. The molecule has 152 valence electrons. The molecule has 1 unspecified atom stereocenters. The molecule has 0 aliphatic rings. The van der Waals surface area contributed by atoms with Crippen LogP contribution in [0.5, 0.6) is 0 Å². The molecular weight excluding hydrogens is 384 g/mol. The van der Waals surface area contributed by atoms with Gasteiger partial charge in [-0.3, -0.25) is 19.6 Å². The fourth-order valence-electron chi connectivity index (χ4n) is 2.87. The van der Waals surface area contributed by atoms with E-state index in [1.165, 1.54) is 16.0 Å². The van der Waals surface area contributed by atoms with E-state index in [4.69, 9.17) is 4.74 Å². The molecule has 1 N–H and O–H groups in total. The van der Waals surface area contributed by atoms with Crippen LogP contribution >= 0.6 is 11.3 Å². The van der Waals surface area contributed by atoms with Crippen LogP contribution in [0.3, 0.4) is 0 Å². The van der Waals surface area contributed by atoms with E-state index in [0.717, 1.165) is 10.4 Å². The van der Waals surface area contributed by atoms with E-state index in [-0.39, 0.29) is 24.7 Å². The third-order valence-corrected chi connectivity index (χ3v) is 5.64. The molecule has 1 atom stereocenters. The molecule has 0 fully saturated rings. The van der Waals surface area contributed by atoms with Crippen LogP contribution in [0.4, 0.5) is 10.7 Å². The lowest BCUT2D eigenvalue weighted by Gasteiger charge is -2.13. The Hall–Kier alpha value is -2.75. The first-order valence-corrected chi connectivity index (χ1v) is 9.66. The van der Waals surface area contributed by atoms with Gasteiger partial charge in [-0.25, -0.2) is 4.79 Å². The number of carbonyl (C=O) groups is 2. The van der Waals surface area contributed by atoms with Crippen molar-refractivity contribution < 1.29 is 19.2 Å². The van der Waals surface area contributed by atoms with Gasteiger partial charge in [-0.05, 0) is 40.2 Å². The summed E-state index contributed by atoms with van der Waals surface area (Å²) in [4.78, 5) is 36.5. The quantitative estimate of drug-likeness (QED) is 0.425. The zero-order chi connectivity index (χ0) is 21.2. The Balaban J connectivity index is 2.20. The van der Waals surface area contributed by atoms with Crippen LogP contribution in [-0.4, -0.2) is 33.2 Å². The molecule has 2 aromatic heterocycles. The molecule has 0 radical (unpaired) electrons. The van der Waals surface area contributed by atoms with Crippen LogP contribution in [0.1, 0.15) is 46.0 Å². The Morgan fingerprint density at radius 2 is 1.96 bits per heavy atom. The molecule has 0 aliphatic heterocycles. The molecule has 0 aliphatic carbocycles. The highest BCUT2D eigenvalue weighted by atomic mass is 32.1. The fraction of sp³-hybridized carbons (Fsp3) is 0.500. The predicted molar refractivity (Wildman–Crippen MR) is 106 cm³/mol. The summed E-state index contributed by atoms with van der Waals surface area (Å²) in [6.07, 6.45) is 0. The lowest BCUT2D eigenvalue weighted by atomic mass is 10.1. The molecule has 10 heteroatoms. The van der Waals surface area contributed by atoms with Gasteiger partial charge in [0.15, 0.2) is 0 Å². The summed E-state index contributed by atoms with van der Waals surface area (Å²) in [6.45, 7) is 10.7. The van der Waals surface area contributed by atoms with Gasteiger partial charge in [0.1, 0.15) is 16.4 Å². The van der Waals surface area contributed by atoms with Crippen molar-refractivity contribution in [2.75, 3.05) is 11.9 Å². The summed E-state index contributed by atoms with van der Waals surface area (Å²) in [7, 11) is 0. The molecule has 9 nitrogen and oxygen atoms in total. The topological polar surface area (TPSA) is 116 Å². The fourth-order valence-corrected chi connectivity index (χ4v) is 3.92. The molecular formula is C18H24N4O5S. The second-order valence-corrected chi connectivity index (χ2v) is 7.78. The predicted octanol–water partition coefficient (Wildman–Crippen LogP) is 3.54. The molecule has 0 bridgehead atoms. The highest BCUT2D eigenvalue weighted by molar-refractivity contribution is 7.16. The number of nitro groups is 1. The number of amides is 1. The number of aryl methyl sites for hydroxylation is 2. The number of thiophene rings is 1. The lowest BCUT2D eigenvalue weighted by molar-refractivity contribution is -0.386. The van der Waals surface area contributed by atoms with E-state index in [2.05, 4.69) is 10.4 Å². The number of aromatic nitrogens is 2. The van der Waals surface area contributed by atoms with Gasteiger partial charge in [-0.15, -0.1) is 11.3 Å². The minimum absolute atomic E-state index is 0.0401. The van der Waals surface area contributed by atoms with Crippen LogP contribution in [0.2, 0.25) is 0 Å². The second kappa shape index (κ2) is 8.51. The highest BCUT2D eigenvalue weighted by Crippen LogP contribution is 2.33. The third-order valence-electron chi connectivity index (χ3n) is 4.52. The largest absolute Gasteiger partial charge is 0.462 e. The number of rotatable bonds is 7. The summed E-state index contributed by atoms with van der Waals surface area (Å²) < 4.78 is 6.56. The Kier molecular flexibility index (Phi) is 6.55. The second-order valence-electron chi connectivity index (χ2n) is 6.56. The van der Waals surface area contributed by atoms with Crippen LogP contribution in [-0.2, 0) is 16.1 Å². The molecule has 1 amide bonds. The summed E-state index contributed by atoms with van der Waals surface area (Å²) in [5, 5.41) is 18.6. The zero-order valence-electron chi connectivity index (χ0n) is 16.8. The van der Waals surface area contributed by atoms with Crippen molar-refractivity contribution >= 4 is 33.9 Å². The number of esters is 1. The molecule has 0 saturated heterocycles. The average Bonchev–Trinajstić information content (AvgIpc) is 3.03. The molecule has 2 aromatic rings. The van der Waals surface area contributed by atoms with Gasteiger partial charge in [0.05, 0.1) is 29.6 Å². The molecule has 0 spiro atoms. The third kappa shape index (κ3) is 4.22. The standard InChI is InChI=1S/C18H24N4O5S/c1-7-27-18(24)14-10(3)13(6)28-17(14)19-16(23)9(2)8-21-12(5)15(22(25)26)11(4)20-21/h9H,7-8H2,1-6H3,(H,19,23). The van der Waals surface area contributed by atoms with Crippen molar-refractivity contribution in [3.8, 4) is 0 Å². The van der Waals surface area contributed by atoms with Crippen molar-refractivity contribution in [3.63, 3.8) is 0 Å². The van der Waals surface area contributed by atoms with Crippen LogP contribution in [0.25, 0.3) is 0 Å². The van der Waals surface area contributed by atoms with Crippen molar-refractivity contribution in [3.05, 3.63) is 37.5 Å². The number of hydrogen-bond acceptors (Lipinski definition) is 7. The van der Waals surface area contributed by atoms with Gasteiger partial charge in [0, 0.05) is 4.88 Å². The van der Waals surface area contributed by atoms with E-state index in [1.54, 1.807) is 27.7 Å². The van der Waals surface area contributed by atoms with Gasteiger partial charge < -0.3 is 10.1 Å². The van der Waals surface area contributed by atoms with Gasteiger partial charge in [-0.2, -0.15) is 5.10 Å². The normalized spacial score (nSPS) is 11.9. The van der Waals surface area contributed by atoms with Crippen molar-refractivity contribution in [1.82, 2.24) is 9.78 Å². The molecule has 2 heterocycles. The average molecular weight is 408 g/mol. The maximum Gasteiger partial charge on any atom is 0.341 e. The first-order chi connectivity index (χ1) is 13.1. The molecule has 0 aromatic carbocycles. The number of nitrogens with one attached hydrogen (secondary N) is 1. The monoisotopic (exact) mass is 408 g/mol. The van der Waals surface area contributed by atoms with Gasteiger partial charge >= 0.3 is 11.7 Å². The van der Waals surface area contributed by atoms with Crippen LogP contribution in [0.15, 0.2) is 0 Å². The summed E-state index contributed by atoms with van der Waals surface area (Å²) in [6, 6.07) is 0. The first-order valence-electron chi connectivity index (χ1n) is 8.84. The zero-order valence-corrected chi connectivity index (χ0v) is 17.6. The van der Waals surface area contributed by atoms with E-state index in [1.807, 2.05) is 13.8 Å². The number of anilines is 1. The lowest BCUT2D eigenvalue weighted by Crippen LogP contribution is -2.25. The Bertz CT molecular complexity index is 931.